The van der Waals surface area contributed by atoms with Crippen molar-refractivity contribution in [1.29, 1.82) is 0 Å². The minimum absolute atomic E-state index is 0.00174. The first-order chi connectivity index (χ1) is 14.5. The van der Waals surface area contributed by atoms with E-state index in [-0.39, 0.29) is 23.3 Å². The first kappa shape index (κ1) is 20.3. The van der Waals surface area contributed by atoms with Crippen LogP contribution in [0.3, 0.4) is 0 Å². The Hall–Kier alpha value is -2.97. The Morgan fingerprint density at radius 3 is 2.90 bits per heavy atom. The maximum absolute atomic E-state index is 15.4. The molecule has 0 unspecified atom stereocenters. The molecule has 2 aromatic carbocycles. The van der Waals surface area contributed by atoms with Crippen molar-refractivity contribution in [2.75, 3.05) is 11.9 Å². The summed E-state index contributed by atoms with van der Waals surface area (Å²) in [6.07, 6.45) is 4.19. The molecule has 9 heteroatoms. The molecular formula is C21H20ClFN4O3. The van der Waals surface area contributed by atoms with Gasteiger partial charge in [-0.25, -0.2) is 14.9 Å². The van der Waals surface area contributed by atoms with E-state index in [0.29, 0.717) is 35.0 Å². The van der Waals surface area contributed by atoms with Crippen LogP contribution in [0.25, 0.3) is 11.0 Å². The van der Waals surface area contributed by atoms with Gasteiger partial charge in [-0.2, -0.15) is 0 Å². The van der Waals surface area contributed by atoms with Crippen molar-refractivity contribution in [3.63, 3.8) is 0 Å². The summed E-state index contributed by atoms with van der Waals surface area (Å²) in [6.45, 7) is 2.23. The van der Waals surface area contributed by atoms with Gasteiger partial charge >= 0.3 is 0 Å². The van der Waals surface area contributed by atoms with Crippen molar-refractivity contribution in [3.8, 4) is 0 Å². The number of rotatable bonds is 8. The van der Waals surface area contributed by atoms with Gasteiger partial charge in [0.25, 0.3) is 5.91 Å². The second-order valence-corrected chi connectivity index (χ2v) is 7.75. The van der Waals surface area contributed by atoms with Crippen LogP contribution in [0, 0.1) is 18.7 Å². The number of carbonyl (C=O) groups excluding carboxylic acids is 2. The standard InChI is InChI=1S/C21H20ClFN4O3/c1-12-8-14(22)4-5-16(12)25-19-15(21(29)26-30-10-13-2-3-13)9-17-20(18(19)23)24-11-27(17)6-7-28/h4-5,7-9,11,13,25H,2-3,6,10H2,1H3,(H,26,29). The Labute approximate surface area is 177 Å². The topological polar surface area (TPSA) is 85.2 Å². The number of aromatic nitrogens is 2. The minimum atomic E-state index is -0.696. The lowest BCUT2D eigenvalue weighted by atomic mass is 10.1. The second-order valence-electron chi connectivity index (χ2n) is 7.31. The van der Waals surface area contributed by atoms with E-state index in [1.54, 1.807) is 18.2 Å². The Bertz CT molecular complexity index is 1130. The fraction of sp³-hybridized carbons (Fsp3) is 0.286. The largest absolute Gasteiger partial charge is 0.352 e. The molecule has 1 amide bonds. The van der Waals surface area contributed by atoms with E-state index in [9.17, 15) is 9.59 Å². The number of nitrogens with one attached hydrogen (secondary N) is 2. The van der Waals surface area contributed by atoms with Gasteiger partial charge in [-0.1, -0.05) is 11.6 Å². The number of benzene rings is 2. The highest BCUT2D eigenvalue weighted by atomic mass is 35.5. The molecule has 1 aliphatic carbocycles. The highest BCUT2D eigenvalue weighted by Gasteiger charge is 2.24. The van der Waals surface area contributed by atoms with Crippen LogP contribution >= 0.6 is 11.6 Å². The number of aryl methyl sites for hydroxylation is 1. The van der Waals surface area contributed by atoms with E-state index in [0.717, 1.165) is 18.4 Å². The molecule has 1 fully saturated rings. The van der Waals surface area contributed by atoms with Crippen LogP contribution in [0.15, 0.2) is 30.6 Å². The summed E-state index contributed by atoms with van der Waals surface area (Å²) in [4.78, 5) is 33.1. The molecule has 4 rings (SSSR count). The van der Waals surface area contributed by atoms with Crippen LogP contribution in [0.1, 0.15) is 28.8 Å². The summed E-state index contributed by atoms with van der Waals surface area (Å²) in [5.74, 6) is -0.837. The molecule has 1 saturated carbocycles. The van der Waals surface area contributed by atoms with E-state index in [4.69, 9.17) is 16.4 Å². The molecular weight excluding hydrogens is 411 g/mol. The zero-order chi connectivity index (χ0) is 21.3. The second kappa shape index (κ2) is 8.41. The quantitative estimate of drug-likeness (QED) is 0.414. The van der Waals surface area contributed by atoms with Gasteiger partial charge < -0.3 is 14.7 Å². The molecule has 1 heterocycles. The van der Waals surface area contributed by atoms with Crippen molar-refractivity contribution in [1.82, 2.24) is 15.0 Å². The summed E-state index contributed by atoms with van der Waals surface area (Å²) >= 11 is 6.01. The first-order valence-electron chi connectivity index (χ1n) is 9.54. The number of hydrogen-bond acceptors (Lipinski definition) is 5. The summed E-state index contributed by atoms with van der Waals surface area (Å²) in [5, 5.41) is 3.54. The Kier molecular flexibility index (Phi) is 5.69. The molecule has 0 spiro atoms. The number of amides is 1. The predicted octanol–water partition coefficient (Wildman–Crippen LogP) is 4.15. The maximum Gasteiger partial charge on any atom is 0.277 e. The summed E-state index contributed by atoms with van der Waals surface area (Å²) < 4.78 is 16.9. The fourth-order valence-corrected chi connectivity index (χ4v) is 3.38. The molecule has 0 radical (unpaired) electrons. The number of aldehydes is 1. The van der Waals surface area contributed by atoms with Crippen LogP contribution < -0.4 is 10.8 Å². The number of hydrogen-bond donors (Lipinski definition) is 2. The normalized spacial score (nSPS) is 13.4. The first-order valence-corrected chi connectivity index (χ1v) is 9.92. The number of carbonyl (C=O) groups is 2. The number of nitrogens with zero attached hydrogens (tertiary/aromatic N) is 2. The average molecular weight is 431 g/mol. The van der Waals surface area contributed by atoms with Crippen LogP contribution in [0.4, 0.5) is 15.8 Å². The Morgan fingerprint density at radius 2 is 2.20 bits per heavy atom. The zero-order valence-corrected chi connectivity index (χ0v) is 17.0. The van der Waals surface area contributed by atoms with Gasteiger partial charge in [0.2, 0.25) is 0 Å². The van der Waals surface area contributed by atoms with Gasteiger partial charge in [0.1, 0.15) is 11.8 Å². The lowest BCUT2D eigenvalue weighted by molar-refractivity contribution is -0.108. The van der Waals surface area contributed by atoms with E-state index < -0.39 is 11.7 Å². The number of imidazole rings is 1. The predicted molar refractivity (Wildman–Crippen MR) is 111 cm³/mol. The highest BCUT2D eigenvalue weighted by Crippen LogP contribution is 2.33. The molecule has 1 aliphatic rings. The third-order valence-electron chi connectivity index (χ3n) is 5.00. The zero-order valence-electron chi connectivity index (χ0n) is 16.2. The Morgan fingerprint density at radius 1 is 1.40 bits per heavy atom. The van der Waals surface area contributed by atoms with Crippen molar-refractivity contribution >= 4 is 46.2 Å². The monoisotopic (exact) mass is 430 g/mol. The number of fused-ring (bicyclic) bond motifs is 1. The van der Waals surface area contributed by atoms with Crippen LogP contribution in [-0.4, -0.2) is 28.4 Å². The molecule has 0 aliphatic heterocycles. The number of hydroxylamine groups is 1. The molecule has 2 N–H and O–H groups in total. The maximum atomic E-state index is 15.4. The van der Waals surface area contributed by atoms with E-state index in [2.05, 4.69) is 15.8 Å². The third kappa shape index (κ3) is 4.15. The van der Waals surface area contributed by atoms with Crippen molar-refractivity contribution < 1.29 is 18.8 Å². The van der Waals surface area contributed by atoms with E-state index in [1.807, 2.05) is 6.92 Å². The van der Waals surface area contributed by atoms with Crippen LogP contribution in [0.2, 0.25) is 5.02 Å². The molecule has 30 heavy (non-hydrogen) atoms. The van der Waals surface area contributed by atoms with Gasteiger partial charge in [-0.3, -0.25) is 9.63 Å². The van der Waals surface area contributed by atoms with Crippen LogP contribution in [-0.2, 0) is 16.2 Å². The van der Waals surface area contributed by atoms with Crippen LogP contribution in [0.5, 0.6) is 0 Å². The molecule has 3 aromatic rings. The van der Waals surface area contributed by atoms with E-state index >= 15 is 4.39 Å². The lowest BCUT2D eigenvalue weighted by Crippen LogP contribution is -2.26. The Balaban J connectivity index is 1.75. The molecule has 1 aromatic heterocycles. The molecule has 0 atom stereocenters. The average Bonchev–Trinajstić information content (AvgIpc) is 3.45. The highest BCUT2D eigenvalue weighted by molar-refractivity contribution is 6.30. The number of anilines is 2. The SMILES string of the molecule is Cc1cc(Cl)ccc1Nc1c(C(=O)NOCC2CC2)cc2c(ncn2CC=O)c1F. The van der Waals surface area contributed by atoms with Crippen molar-refractivity contribution in [2.24, 2.45) is 5.92 Å². The smallest absolute Gasteiger partial charge is 0.277 e. The molecule has 0 bridgehead atoms. The van der Waals surface area contributed by atoms with E-state index in [1.165, 1.54) is 17.0 Å². The molecule has 7 nitrogen and oxygen atoms in total. The third-order valence-corrected chi connectivity index (χ3v) is 5.24. The van der Waals surface area contributed by atoms with Gasteiger partial charge in [-0.05, 0) is 55.5 Å². The summed E-state index contributed by atoms with van der Waals surface area (Å²) in [7, 11) is 0. The minimum Gasteiger partial charge on any atom is -0.352 e. The summed E-state index contributed by atoms with van der Waals surface area (Å²) in [5.41, 5.74) is 4.17. The fourth-order valence-electron chi connectivity index (χ4n) is 3.15. The molecule has 156 valence electrons. The van der Waals surface area contributed by atoms with Crippen molar-refractivity contribution in [2.45, 2.75) is 26.3 Å². The lowest BCUT2D eigenvalue weighted by Gasteiger charge is -2.16. The van der Waals surface area contributed by atoms with Gasteiger partial charge in [0, 0.05) is 10.7 Å². The van der Waals surface area contributed by atoms with Gasteiger partial charge in [0.15, 0.2) is 5.82 Å². The summed E-state index contributed by atoms with van der Waals surface area (Å²) in [6, 6.07) is 6.61. The molecule has 0 saturated heterocycles. The number of halogens is 2. The van der Waals surface area contributed by atoms with Gasteiger partial charge in [-0.15, -0.1) is 0 Å². The van der Waals surface area contributed by atoms with Gasteiger partial charge in [0.05, 0.1) is 36.2 Å². The van der Waals surface area contributed by atoms with Crippen molar-refractivity contribution in [3.05, 3.63) is 52.6 Å².